The Kier molecular flexibility index (Phi) is 7.20. The molecule has 0 aromatic heterocycles. The monoisotopic (exact) mass is 278 g/mol. The fourth-order valence-corrected chi connectivity index (χ4v) is 2.63. The van der Waals surface area contributed by atoms with Crippen molar-refractivity contribution in [1.82, 2.24) is 4.90 Å². The van der Waals surface area contributed by atoms with Crippen LogP contribution in [-0.4, -0.2) is 37.2 Å². The van der Waals surface area contributed by atoms with Crippen molar-refractivity contribution in [2.75, 3.05) is 20.3 Å². The lowest BCUT2D eigenvalue weighted by molar-refractivity contribution is 0.0786. The van der Waals surface area contributed by atoms with Crippen LogP contribution in [0.15, 0.2) is 24.3 Å². The fourth-order valence-electron chi connectivity index (χ4n) is 2.63. The van der Waals surface area contributed by atoms with Gasteiger partial charge >= 0.3 is 0 Å². The molecule has 0 aliphatic rings. The van der Waals surface area contributed by atoms with Gasteiger partial charge in [0.05, 0.1) is 6.61 Å². The molecule has 3 nitrogen and oxygen atoms in total. The summed E-state index contributed by atoms with van der Waals surface area (Å²) in [7, 11) is 1.75. The third kappa shape index (κ3) is 4.58. The van der Waals surface area contributed by atoms with E-state index in [-0.39, 0.29) is 12.1 Å². The van der Waals surface area contributed by atoms with E-state index in [1.807, 2.05) is 0 Å². The number of hydrogen-bond donors (Lipinski definition) is 1. The van der Waals surface area contributed by atoms with Crippen molar-refractivity contribution in [3.05, 3.63) is 35.4 Å². The van der Waals surface area contributed by atoms with Crippen LogP contribution >= 0.6 is 0 Å². The van der Waals surface area contributed by atoms with Crippen molar-refractivity contribution in [2.24, 2.45) is 5.73 Å². The lowest BCUT2D eigenvalue weighted by Gasteiger charge is -2.38. The van der Waals surface area contributed by atoms with Gasteiger partial charge in [-0.2, -0.15) is 0 Å². The molecule has 0 radical (unpaired) electrons. The van der Waals surface area contributed by atoms with Gasteiger partial charge in [0.25, 0.3) is 0 Å². The van der Waals surface area contributed by atoms with Gasteiger partial charge in [0.1, 0.15) is 0 Å². The minimum atomic E-state index is 0.0866. The van der Waals surface area contributed by atoms with E-state index in [4.69, 9.17) is 10.5 Å². The molecule has 0 saturated carbocycles. The minimum absolute atomic E-state index is 0.0866. The summed E-state index contributed by atoms with van der Waals surface area (Å²) in [6, 6.07) is 9.54. The first-order chi connectivity index (χ1) is 9.51. The van der Waals surface area contributed by atoms with Crippen LogP contribution in [0.5, 0.6) is 0 Å². The molecule has 0 heterocycles. The summed E-state index contributed by atoms with van der Waals surface area (Å²) < 4.78 is 5.27. The van der Waals surface area contributed by atoms with E-state index in [1.54, 1.807) is 7.11 Å². The second-order valence-corrected chi connectivity index (χ2v) is 5.70. The highest BCUT2D eigenvalue weighted by atomic mass is 16.5. The Labute approximate surface area is 124 Å². The maximum Gasteiger partial charge on any atom is 0.0590 e. The minimum Gasteiger partial charge on any atom is -0.383 e. The summed E-state index contributed by atoms with van der Waals surface area (Å²) in [4.78, 5) is 2.47. The zero-order valence-corrected chi connectivity index (χ0v) is 13.6. The number of benzene rings is 1. The highest BCUT2D eigenvalue weighted by Crippen LogP contribution is 2.26. The maximum absolute atomic E-state index is 6.29. The summed E-state index contributed by atoms with van der Waals surface area (Å²) in [5.74, 6) is 0. The number of rotatable bonds is 8. The van der Waals surface area contributed by atoms with Gasteiger partial charge in [0, 0.05) is 31.8 Å². The number of aryl methyl sites for hydroxylation is 1. The Morgan fingerprint density at radius 2 is 1.80 bits per heavy atom. The molecule has 2 N–H and O–H groups in total. The average molecular weight is 278 g/mol. The van der Waals surface area contributed by atoms with Crippen molar-refractivity contribution in [3.8, 4) is 0 Å². The molecule has 1 aromatic carbocycles. The summed E-state index contributed by atoms with van der Waals surface area (Å²) in [5, 5.41) is 0. The molecule has 0 amide bonds. The van der Waals surface area contributed by atoms with Gasteiger partial charge in [-0.25, -0.2) is 0 Å². The molecule has 1 rings (SSSR count). The van der Waals surface area contributed by atoms with Crippen LogP contribution in [0.2, 0.25) is 0 Å². The zero-order valence-electron chi connectivity index (χ0n) is 13.6. The number of nitrogens with two attached hydrogens (primary N) is 1. The van der Waals surface area contributed by atoms with Crippen LogP contribution in [-0.2, 0) is 4.74 Å². The molecule has 0 spiro atoms. The smallest absolute Gasteiger partial charge is 0.0590 e. The Hall–Kier alpha value is -0.900. The molecule has 3 unspecified atom stereocenters. The Balaban J connectivity index is 3.03. The number of ether oxygens (including phenoxy) is 1. The van der Waals surface area contributed by atoms with Crippen LogP contribution < -0.4 is 5.73 Å². The topological polar surface area (TPSA) is 38.5 Å². The van der Waals surface area contributed by atoms with Crippen LogP contribution in [0.25, 0.3) is 0 Å². The van der Waals surface area contributed by atoms with E-state index in [2.05, 4.69) is 56.9 Å². The molecule has 1 aromatic rings. The molecule has 0 bridgehead atoms. The first-order valence-electron chi connectivity index (χ1n) is 7.58. The van der Waals surface area contributed by atoms with E-state index < -0.39 is 0 Å². The quantitative estimate of drug-likeness (QED) is 0.794. The van der Waals surface area contributed by atoms with Gasteiger partial charge in [-0.15, -0.1) is 0 Å². The predicted octanol–water partition coefficient (Wildman–Crippen LogP) is 3.13. The Bertz CT molecular complexity index is 375. The van der Waals surface area contributed by atoms with Crippen molar-refractivity contribution in [1.29, 1.82) is 0 Å². The zero-order chi connectivity index (χ0) is 15.1. The van der Waals surface area contributed by atoms with E-state index in [0.29, 0.717) is 6.04 Å². The van der Waals surface area contributed by atoms with Crippen molar-refractivity contribution in [2.45, 2.75) is 52.2 Å². The lowest BCUT2D eigenvalue weighted by Crippen LogP contribution is -2.45. The Morgan fingerprint density at radius 1 is 1.20 bits per heavy atom. The van der Waals surface area contributed by atoms with Crippen molar-refractivity contribution >= 4 is 0 Å². The molecular weight excluding hydrogens is 248 g/mol. The average Bonchev–Trinajstić information content (AvgIpc) is 2.43. The van der Waals surface area contributed by atoms with E-state index in [0.717, 1.165) is 19.6 Å². The van der Waals surface area contributed by atoms with Gasteiger partial charge in [0.2, 0.25) is 0 Å². The third-order valence-electron chi connectivity index (χ3n) is 3.98. The number of nitrogens with zero attached hydrogens (tertiary/aromatic N) is 1. The summed E-state index contributed by atoms with van der Waals surface area (Å²) in [5.41, 5.74) is 8.86. The van der Waals surface area contributed by atoms with Crippen LogP contribution in [0.4, 0.5) is 0 Å². The molecule has 0 saturated heterocycles. The molecule has 20 heavy (non-hydrogen) atoms. The lowest BCUT2D eigenvalue weighted by atomic mass is 9.96. The van der Waals surface area contributed by atoms with Crippen LogP contribution in [0.1, 0.15) is 44.4 Å². The van der Waals surface area contributed by atoms with Crippen molar-refractivity contribution < 1.29 is 4.74 Å². The fraction of sp³-hybridized carbons (Fsp3) is 0.647. The van der Waals surface area contributed by atoms with Gasteiger partial charge < -0.3 is 10.5 Å². The highest BCUT2D eigenvalue weighted by Gasteiger charge is 2.26. The number of hydrogen-bond acceptors (Lipinski definition) is 3. The molecule has 0 fully saturated rings. The molecule has 0 aliphatic carbocycles. The standard InChI is InChI=1S/C17H30N2O/c1-6-14(3)19(11-12-20-5)17(15(4)18)16-9-7-13(2)8-10-16/h7-10,14-15,17H,6,11-12,18H2,1-5H3. The second kappa shape index (κ2) is 8.40. The molecule has 0 aliphatic heterocycles. The molecule has 3 heteroatoms. The largest absolute Gasteiger partial charge is 0.383 e. The van der Waals surface area contributed by atoms with Crippen LogP contribution in [0.3, 0.4) is 0 Å². The third-order valence-corrected chi connectivity index (χ3v) is 3.98. The predicted molar refractivity (Wildman–Crippen MR) is 85.9 cm³/mol. The highest BCUT2D eigenvalue weighted by molar-refractivity contribution is 5.25. The molecule has 114 valence electrons. The molecule has 3 atom stereocenters. The maximum atomic E-state index is 6.29. The van der Waals surface area contributed by atoms with Crippen LogP contribution in [0, 0.1) is 6.92 Å². The summed E-state index contributed by atoms with van der Waals surface area (Å²) >= 11 is 0. The van der Waals surface area contributed by atoms with Gasteiger partial charge in [-0.05, 0) is 32.8 Å². The second-order valence-electron chi connectivity index (χ2n) is 5.70. The van der Waals surface area contributed by atoms with E-state index in [1.165, 1.54) is 11.1 Å². The number of methoxy groups -OCH3 is 1. The first-order valence-corrected chi connectivity index (χ1v) is 7.58. The SMILES string of the molecule is CCC(C)N(CCOC)C(c1ccc(C)cc1)C(C)N. The van der Waals surface area contributed by atoms with E-state index in [9.17, 15) is 0 Å². The summed E-state index contributed by atoms with van der Waals surface area (Å²) in [6.07, 6.45) is 1.11. The van der Waals surface area contributed by atoms with Gasteiger partial charge in [0.15, 0.2) is 0 Å². The first kappa shape index (κ1) is 17.2. The Morgan fingerprint density at radius 3 is 2.25 bits per heavy atom. The molecular formula is C17H30N2O. The van der Waals surface area contributed by atoms with Crippen molar-refractivity contribution in [3.63, 3.8) is 0 Å². The normalized spacial score (nSPS) is 16.1. The van der Waals surface area contributed by atoms with Gasteiger partial charge in [-0.1, -0.05) is 36.8 Å². The van der Waals surface area contributed by atoms with Gasteiger partial charge in [-0.3, -0.25) is 4.90 Å². The summed E-state index contributed by atoms with van der Waals surface area (Å²) in [6.45, 7) is 10.3. The van der Waals surface area contributed by atoms with E-state index >= 15 is 0 Å².